The zero-order chi connectivity index (χ0) is 24.2. The molecule has 4 rings (SSSR count). The van der Waals surface area contributed by atoms with E-state index in [1.54, 1.807) is 24.3 Å². The average molecular weight is 464 g/mol. The number of imidazole rings is 1. The van der Waals surface area contributed by atoms with Crippen molar-refractivity contribution in [3.63, 3.8) is 0 Å². The zero-order valence-electron chi connectivity index (χ0n) is 18.6. The summed E-state index contributed by atoms with van der Waals surface area (Å²) in [5.74, 6) is 0.785. The number of phenols is 1. The van der Waals surface area contributed by atoms with Crippen LogP contribution >= 0.6 is 0 Å². The van der Waals surface area contributed by atoms with Crippen molar-refractivity contribution < 1.29 is 14.9 Å². The van der Waals surface area contributed by atoms with Gasteiger partial charge in [0.25, 0.3) is 5.56 Å². The van der Waals surface area contributed by atoms with Crippen LogP contribution < -0.4 is 21.4 Å². The van der Waals surface area contributed by atoms with Crippen LogP contribution in [0, 0.1) is 6.92 Å². The van der Waals surface area contributed by atoms with Crippen LogP contribution in [0.5, 0.6) is 11.5 Å². The van der Waals surface area contributed by atoms with Gasteiger partial charge in [0.15, 0.2) is 11.2 Å². The van der Waals surface area contributed by atoms with Gasteiger partial charge in [-0.2, -0.15) is 10.1 Å². The van der Waals surface area contributed by atoms with E-state index in [4.69, 9.17) is 4.74 Å². The SMILES string of the molecule is Cc1cccc(OCC(O)Cn2c(NN=Cc3ccccc3O)nc3c2c(=O)[nH]c(=O)n3C)c1. The van der Waals surface area contributed by atoms with E-state index >= 15 is 0 Å². The van der Waals surface area contributed by atoms with Crippen LogP contribution in [0.3, 0.4) is 0 Å². The Morgan fingerprint density at radius 3 is 2.79 bits per heavy atom. The van der Waals surface area contributed by atoms with Crippen molar-refractivity contribution in [3.8, 4) is 11.5 Å². The molecule has 11 heteroatoms. The molecule has 0 saturated heterocycles. The molecule has 0 saturated carbocycles. The number of aromatic hydroxyl groups is 1. The molecule has 2 aromatic heterocycles. The molecule has 4 aromatic rings. The van der Waals surface area contributed by atoms with Crippen molar-refractivity contribution in [1.82, 2.24) is 19.1 Å². The van der Waals surface area contributed by atoms with E-state index in [0.717, 1.165) is 5.56 Å². The Bertz CT molecular complexity index is 1470. The Kier molecular flexibility index (Phi) is 6.46. The van der Waals surface area contributed by atoms with Gasteiger partial charge in [-0.1, -0.05) is 24.3 Å². The summed E-state index contributed by atoms with van der Waals surface area (Å²) in [5.41, 5.74) is 3.18. The van der Waals surface area contributed by atoms with Crippen LogP contribution in [0.1, 0.15) is 11.1 Å². The van der Waals surface area contributed by atoms with Gasteiger partial charge in [0.05, 0.1) is 12.8 Å². The Balaban J connectivity index is 1.63. The largest absolute Gasteiger partial charge is 0.507 e. The van der Waals surface area contributed by atoms with E-state index in [0.29, 0.717) is 11.3 Å². The molecule has 0 aliphatic rings. The lowest BCUT2D eigenvalue weighted by atomic mass is 10.2. The molecule has 0 aliphatic carbocycles. The number of para-hydroxylation sites is 1. The van der Waals surface area contributed by atoms with E-state index in [9.17, 15) is 19.8 Å². The minimum Gasteiger partial charge on any atom is -0.507 e. The minimum absolute atomic E-state index is 0.0343. The van der Waals surface area contributed by atoms with Gasteiger partial charge in [-0.05, 0) is 36.8 Å². The van der Waals surface area contributed by atoms with Crippen molar-refractivity contribution in [2.75, 3.05) is 12.0 Å². The summed E-state index contributed by atoms with van der Waals surface area (Å²) >= 11 is 0. The van der Waals surface area contributed by atoms with Crippen molar-refractivity contribution in [2.45, 2.75) is 19.6 Å². The van der Waals surface area contributed by atoms with E-state index in [2.05, 4.69) is 20.5 Å². The number of nitrogens with one attached hydrogen (secondary N) is 2. The number of ether oxygens (including phenoxy) is 1. The number of aromatic nitrogens is 4. The van der Waals surface area contributed by atoms with Crippen molar-refractivity contribution in [1.29, 1.82) is 0 Å². The number of hydrazone groups is 1. The standard InChI is InChI=1S/C23H24N6O5/c1-14-6-5-8-17(10-14)34-13-16(30)12-29-19-20(28(2)23(33)26-21(19)32)25-22(29)27-24-11-15-7-3-4-9-18(15)31/h3-11,16,30-31H,12-13H2,1-2H3,(H,25,27)(H,26,32,33). The Hall–Kier alpha value is -4.38. The number of benzene rings is 2. The van der Waals surface area contributed by atoms with Crippen LogP contribution in [-0.2, 0) is 13.6 Å². The molecule has 34 heavy (non-hydrogen) atoms. The molecule has 1 unspecified atom stereocenters. The zero-order valence-corrected chi connectivity index (χ0v) is 18.6. The molecule has 0 spiro atoms. The molecule has 2 aromatic carbocycles. The molecule has 2 heterocycles. The van der Waals surface area contributed by atoms with Crippen LogP contribution in [0.15, 0.2) is 63.2 Å². The quantitative estimate of drug-likeness (QED) is 0.227. The van der Waals surface area contributed by atoms with Crippen molar-refractivity contribution in [3.05, 3.63) is 80.5 Å². The topological polar surface area (TPSA) is 147 Å². The van der Waals surface area contributed by atoms with Crippen LogP contribution in [0.25, 0.3) is 11.2 Å². The first-order valence-electron chi connectivity index (χ1n) is 10.5. The second-order valence-corrected chi connectivity index (χ2v) is 7.75. The Labute approximate surface area is 193 Å². The predicted octanol–water partition coefficient (Wildman–Crippen LogP) is 1.32. The maximum Gasteiger partial charge on any atom is 0.329 e. The molecule has 11 nitrogen and oxygen atoms in total. The van der Waals surface area contributed by atoms with Crippen LogP contribution in [0.2, 0.25) is 0 Å². The smallest absolute Gasteiger partial charge is 0.329 e. The third-order valence-corrected chi connectivity index (χ3v) is 5.14. The Morgan fingerprint density at radius 2 is 2.03 bits per heavy atom. The number of rotatable bonds is 8. The average Bonchev–Trinajstić information content (AvgIpc) is 3.16. The highest BCUT2D eigenvalue weighted by Gasteiger charge is 2.20. The number of hydrogen-bond acceptors (Lipinski definition) is 8. The summed E-state index contributed by atoms with van der Waals surface area (Å²) < 4.78 is 8.30. The lowest BCUT2D eigenvalue weighted by molar-refractivity contribution is 0.0938. The fourth-order valence-corrected chi connectivity index (χ4v) is 3.41. The number of aryl methyl sites for hydroxylation is 2. The fraction of sp³-hybridized carbons (Fsp3) is 0.217. The summed E-state index contributed by atoms with van der Waals surface area (Å²) in [6, 6.07) is 14.0. The second kappa shape index (κ2) is 9.63. The van der Waals surface area contributed by atoms with Crippen molar-refractivity contribution in [2.24, 2.45) is 12.1 Å². The van der Waals surface area contributed by atoms with E-state index < -0.39 is 17.4 Å². The number of aromatic amines is 1. The predicted molar refractivity (Wildman–Crippen MR) is 128 cm³/mol. The molecular formula is C23H24N6O5. The van der Waals surface area contributed by atoms with Gasteiger partial charge >= 0.3 is 5.69 Å². The third-order valence-electron chi connectivity index (χ3n) is 5.14. The van der Waals surface area contributed by atoms with Gasteiger partial charge in [0, 0.05) is 12.6 Å². The molecule has 0 bridgehead atoms. The first kappa shape index (κ1) is 22.8. The molecule has 176 valence electrons. The van der Waals surface area contributed by atoms with Crippen molar-refractivity contribution >= 4 is 23.3 Å². The number of anilines is 1. The third kappa shape index (κ3) is 4.84. The van der Waals surface area contributed by atoms with Gasteiger partial charge < -0.3 is 19.5 Å². The monoisotopic (exact) mass is 464 g/mol. The second-order valence-electron chi connectivity index (χ2n) is 7.75. The molecule has 0 aliphatic heterocycles. The number of hydrogen-bond donors (Lipinski definition) is 4. The van der Waals surface area contributed by atoms with E-state index in [1.807, 2.05) is 25.1 Å². The number of phenolic OH excluding ortho intramolecular Hbond substituents is 1. The van der Waals surface area contributed by atoms with Gasteiger partial charge in [0.2, 0.25) is 5.95 Å². The van der Waals surface area contributed by atoms with Gasteiger partial charge in [-0.15, -0.1) is 0 Å². The summed E-state index contributed by atoms with van der Waals surface area (Å²) in [5, 5.41) is 24.6. The number of aliphatic hydroxyl groups is 1. The Morgan fingerprint density at radius 1 is 1.24 bits per heavy atom. The van der Waals surface area contributed by atoms with Gasteiger partial charge in [-0.25, -0.2) is 10.2 Å². The number of aliphatic hydroxyl groups excluding tert-OH is 1. The van der Waals surface area contributed by atoms with Crippen LogP contribution in [-0.4, -0.2) is 48.2 Å². The number of nitrogens with zero attached hydrogens (tertiary/aromatic N) is 4. The highest BCUT2D eigenvalue weighted by molar-refractivity contribution is 5.83. The van der Waals surface area contributed by atoms with Crippen LogP contribution in [0.4, 0.5) is 5.95 Å². The minimum atomic E-state index is -1.00. The maximum absolute atomic E-state index is 12.6. The van der Waals surface area contributed by atoms with E-state index in [-0.39, 0.29) is 36.0 Å². The maximum atomic E-state index is 12.6. The highest BCUT2D eigenvalue weighted by atomic mass is 16.5. The summed E-state index contributed by atoms with van der Waals surface area (Å²) in [4.78, 5) is 31.2. The van der Waals surface area contributed by atoms with Gasteiger partial charge in [0.1, 0.15) is 24.2 Å². The summed E-state index contributed by atoms with van der Waals surface area (Å²) in [7, 11) is 1.48. The molecule has 0 amide bonds. The molecule has 0 fully saturated rings. The molecule has 0 radical (unpaired) electrons. The first-order chi connectivity index (χ1) is 16.3. The van der Waals surface area contributed by atoms with Gasteiger partial charge in [-0.3, -0.25) is 14.3 Å². The normalized spacial score (nSPS) is 12.3. The summed E-state index contributed by atoms with van der Waals surface area (Å²) in [6.45, 7) is 1.84. The first-order valence-corrected chi connectivity index (χ1v) is 10.5. The molecule has 4 N–H and O–H groups in total. The number of fused-ring (bicyclic) bond motifs is 1. The summed E-state index contributed by atoms with van der Waals surface area (Å²) in [6.07, 6.45) is 0.386. The fourth-order valence-electron chi connectivity index (χ4n) is 3.41. The molecule has 1 atom stereocenters. The number of H-pyrrole nitrogens is 1. The highest BCUT2D eigenvalue weighted by Crippen LogP contribution is 2.18. The molecular weight excluding hydrogens is 440 g/mol. The van der Waals surface area contributed by atoms with E-state index in [1.165, 1.54) is 28.5 Å². The lowest BCUT2D eigenvalue weighted by Gasteiger charge is -2.15. The lowest BCUT2D eigenvalue weighted by Crippen LogP contribution is -2.30.